The molecule has 0 radical (unpaired) electrons. The van der Waals surface area contributed by atoms with E-state index in [-0.39, 0.29) is 42.8 Å². The van der Waals surface area contributed by atoms with Gasteiger partial charge >= 0.3 is 6.03 Å². The van der Waals surface area contributed by atoms with Crippen molar-refractivity contribution in [2.24, 2.45) is 0 Å². The lowest BCUT2D eigenvalue weighted by atomic mass is 10.0. The van der Waals surface area contributed by atoms with E-state index in [1.807, 2.05) is 6.08 Å². The third-order valence-electron chi connectivity index (χ3n) is 5.98. The molecule has 0 aromatic carbocycles. The van der Waals surface area contributed by atoms with Gasteiger partial charge in [0.05, 0.1) is 35.4 Å². The summed E-state index contributed by atoms with van der Waals surface area (Å²) < 4.78 is 33.0. The molecule has 0 bridgehead atoms. The standard InChI is InChI=1S/C24H25ClF2N6O4/c1-2-24(26,27)17-3-4-19(28-11-17)30-23(36)33-7-5-14(6-8-33)20-18(25)9-15(10-29-20)21-31-32-22(37-21)16(12-34)13-35/h3-5,9-11,16,34-35H,2,6-8,12-13H2,1H3,(H,28,30,36). The van der Waals surface area contributed by atoms with Crippen LogP contribution in [-0.4, -0.2) is 67.6 Å². The number of halogens is 3. The number of hydrogen-bond donors (Lipinski definition) is 3. The number of aliphatic hydroxyl groups excluding tert-OH is 2. The normalized spacial score (nSPS) is 14.1. The summed E-state index contributed by atoms with van der Waals surface area (Å²) in [5.41, 5.74) is 1.70. The Labute approximate surface area is 216 Å². The molecule has 0 saturated heterocycles. The molecule has 3 aromatic heterocycles. The van der Waals surface area contributed by atoms with Crippen molar-refractivity contribution in [1.82, 2.24) is 25.1 Å². The summed E-state index contributed by atoms with van der Waals surface area (Å²) in [6.45, 7) is 1.41. The van der Waals surface area contributed by atoms with E-state index in [0.717, 1.165) is 11.8 Å². The maximum atomic E-state index is 13.8. The zero-order valence-electron chi connectivity index (χ0n) is 19.9. The van der Waals surface area contributed by atoms with Crippen LogP contribution in [0.1, 0.15) is 42.8 Å². The molecule has 0 unspecified atom stereocenters. The number of alkyl halides is 2. The molecule has 4 rings (SSSR count). The Morgan fingerprint density at radius 3 is 2.62 bits per heavy atom. The summed E-state index contributed by atoms with van der Waals surface area (Å²) in [5.74, 6) is -3.18. The van der Waals surface area contributed by atoms with Crippen LogP contribution in [0.3, 0.4) is 0 Å². The second-order valence-electron chi connectivity index (χ2n) is 8.41. The summed E-state index contributed by atoms with van der Waals surface area (Å²) in [4.78, 5) is 22.5. The minimum absolute atomic E-state index is 0.110. The number of hydrogen-bond acceptors (Lipinski definition) is 8. The number of aliphatic hydroxyl groups is 2. The van der Waals surface area contributed by atoms with E-state index in [2.05, 4.69) is 25.5 Å². The maximum absolute atomic E-state index is 13.8. The van der Waals surface area contributed by atoms with Crippen LogP contribution in [-0.2, 0) is 5.92 Å². The molecule has 3 N–H and O–H groups in total. The van der Waals surface area contributed by atoms with Gasteiger partial charge in [0.15, 0.2) is 0 Å². The molecule has 10 nitrogen and oxygen atoms in total. The average Bonchev–Trinajstić information content (AvgIpc) is 3.40. The van der Waals surface area contributed by atoms with Crippen LogP contribution >= 0.6 is 11.6 Å². The highest BCUT2D eigenvalue weighted by Gasteiger charge is 2.29. The van der Waals surface area contributed by atoms with E-state index in [1.54, 1.807) is 11.0 Å². The first-order valence-corrected chi connectivity index (χ1v) is 11.9. The number of carbonyl (C=O) groups excluding carboxylic acids is 1. The van der Waals surface area contributed by atoms with Gasteiger partial charge in [-0.25, -0.2) is 18.6 Å². The molecule has 196 valence electrons. The smallest absolute Gasteiger partial charge is 0.323 e. The molecule has 1 aliphatic rings. The molecule has 37 heavy (non-hydrogen) atoms. The van der Waals surface area contributed by atoms with E-state index in [1.165, 1.54) is 25.3 Å². The van der Waals surface area contributed by atoms with Crippen molar-refractivity contribution >= 4 is 29.0 Å². The molecule has 0 spiro atoms. The van der Waals surface area contributed by atoms with Gasteiger partial charge in [0.2, 0.25) is 11.8 Å². The van der Waals surface area contributed by atoms with Crippen LogP contribution in [0.5, 0.6) is 0 Å². The zero-order chi connectivity index (χ0) is 26.6. The van der Waals surface area contributed by atoms with Gasteiger partial charge in [-0.1, -0.05) is 24.6 Å². The Morgan fingerprint density at radius 2 is 2.03 bits per heavy atom. The van der Waals surface area contributed by atoms with Gasteiger partial charge in [-0.2, -0.15) is 0 Å². The molecular weight excluding hydrogens is 510 g/mol. The number of nitrogens with zero attached hydrogens (tertiary/aromatic N) is 5. The fraction of sp³-hybridized carbons (Fsp3) is 0.375. The van der Waals surface area contributed by atoms with Crippen LogP contribution in [0.25, 0.3) is 17.0 Å². The first-order chi connectivity index (χ1) is 17.7. The monoisotopic (exact) mass is 534 g/mol. The summed E-state index contributed by atoms with van der Waals surface area (Å²) >= 11 is 6.47. The molecule has 4 heterocycles. The summed E-state index contributed by atoms with van der Waals surface area (Å²) in [5, 5.41) is 29.3. The van der Waals surface area contributed by atoms with Gasteiger partial charge in [-0.05, 0) is 30.2 Å². The van der Waals surface area contributed by atoms with Crippen molar-refractivity contribution in [2.45, 2.75) is 31.6 Å². The van der Waals surface area contributed by atoms with Gasteiger partial charge in [0.25, 0.3) is 5.92 Å². The van der Waals surface area contributed by atoms with Crippen molar-refractivity contribution in [3.63, 3.8) is 0 Å². The predicted molar refractivity (Wildman–Crippen MR) is 131 cm³/mol. The molecule has 0 saturated carbocycles. The van der Waals surface area contributed by atoms with Crippen LogP contribution in [0.4, 0.5) is 19.4 Å². The van der Waals surface area contributed by atoms with Crippen molar-refractivity contribution in [2.75, 3.05) is 31.6 Å². The fourth-order valence-corrected chi connectivity index (χ4v) is 3.95. The molecule has 1 aliphatic heterocycles. The number of urea groups is 1. The van der Waals surface area contributed by atoms with Crippen molar-refractivity contribution in [3.8, 4) is 11.5 Å². The third-order valence-corrected chi connectivity index (χ3v) is 6.27. The predicted octanol–water partition coefficient (Wildman–Crippen LogP) is 4.07. The molecule has 3 aromatic rings. The summed E-state index contributed by atoms with van der Waals surface area (Å²) in [6, 6.07) is 3.84. The Morgan fingerprint density at radius 1 is 1.24 bits per heavy atom. The Balaban J connectivity index is 1.39. The van der Waals surface area contributed by atoms with Crippen molar-refractivity contribution < 1.29 is 28.2 Å². The molecule has 0 aliphatic carbocycles. The van der Waals surface area contributed by atoms with Crippen molar-refractivity contribution in [3.05, 3.63) is 58.8 Å². The number of rotatable bonds is 8. The number of carbonyl (C=O) groups is 1. The van der Waals surface area contributed by atoms with Gasteiger partial charge in [-0.3, -0.25) is 10.3 Å². The Hall–Kier alpha value is -3.48. The van der Waals surface area contributed by atoms with Crippen LogP contribution in [0.15, 0.2) is 41.1 Å². The quantitative estimate of drug-likeness (QED) is 0.393. The van der Waals surface area contributed by atoms with Crippen LogP contribution in [0, 0.1) is 0 Å². The molecule has 2 amide bonds. The highest BCUT2D eigenvalue weighted by molar-refractivity contribution is 6.32. The number of anilines is 1. The van der Waals surface area contributed by atoms with Gasteiger partial charge in [0.1, 0.15) is 5.82 Å². The van der Waals surface area contributed by atoms with Crippen LogP contribution < -0.4 is 5.32 Å². The first kappa shape index (κ1) is 26.6. The molecule has 13 heteroatoms. The molecular formula is C24H25ClF2N6O4. The number of amides is 2. The SMILES string of the molecule is CCC(F)(F)c1ccc(NC(=O)N2CC=C(c3ncc(-c4nnc(C(CO)CO)o4)cc3Cl)CC2)nc1. The lowest BCUT2D eigenvalue weighted by molar-refractivity contribution is -0.00858. The number of pyridine rings is 2. The van der Waals surface area contributed by atoms with Crippen molar-refractivity contribution in [1.29, 1.82) is 0 Å². The summed E-state index contributed by atoms with van der Waals surface area (Å²) in [6.07, 6.45) is 4.60. The maximum Gasteiger partial charge on any atom is 0.323 e. The number of aromatic nitrogens is 4. The highest BCUT2D eigenvalue weighted by Crippen LogP contribution is 2.32. The van der Waals surface area contributed by atoms with E-state index >= 15 is 0 Å². The highest BCUT2D eigenvalue weighted by atomic mass is 35.5. The minimum atomic E-state index is -2.96. The average molecular weight is 535 g/mol. The second kappa shape index (κ2) is 11.3. The van der Waals surface area contributed by atoms with Gasteiger partial charge < -0.3 is 19.5 Å². The minimum Gasteiger partial charge on any atom is -0.420 e. The van der Waals surface area contributed by atoms with E-state index in [4.69, 9.17) is 16.0 Å². The molecule has 0 fully saturated rings. The van der Waals surface area contributed by atoms with E-state index in [9.17, 15) is 23.8 Å². The third kappa shape index (κ3) is 5.92. The topological polar surface area (TPSA) is 138 Å². The lowest BCUT2D eigenvalue weighted by Crippen LogP contribution is -2.38. The summed E-state index contributed by atoms with van der Waals surface area (Å²) in [7, 11) is 0. The molecule has 0 atom stereocenters. The van der Waals surface area contributed by atoms with E-state index < -0.39 is 17.9 Å². The van der Waals surface area contributed by atoms with E-state index in [0.29, 0.717) is 35.8 Å². The Kier molecular flexibility index (Phi) is 8.10. The lowest BCUT2D eigenvalue weighted by Gasteiger charge is -2.26. The van der Waals surface area contributed by atoms with Gasteiger partial charge in [-0.15, -0.1) is 10.2 Å². The largest absolute Gasteiger partial charge is 0.420 e. The first-order valence-electron chi connectivity index (χ1n) is 11.6. The number of nitrogens with one attached hydrogen (secondary N) is 1. The van der Waals surface area contributed by atoms with Crippen LogP contribution in [0.2, 0.25) is 5.02 Å². The second-order valence-corrected chi connectivity index (χ2v) is 8.81. The Bertz CT molecular complexity index is 1280. The zero-order valence-corrected chi connectivity index (χ0v) is 20.6. The van der Waals surface area contributed by atoms with Gasteiger partial charge in [0, 0.05) is 37.5 Å². The fourth-order valence-electron chi connectivity index (χ4n) is 3.67.